The summed E-state index contributed by atoms with van der Waals surface area (Å²) in [6.07, 6.45) is 0. The van der Waals surface area contributed by atoms with Crippen LogP contribution >= 0.6 is 0 Å². The van der Waals surface area contributed by atoms with E-state index in [0.717, 1.165) is 16.7 Å². The Labute approximate surface area is 190 Å². The lowest BCUT2D eigenvalue weighted by molar-refractivity contribution is 0.0678. The Morgan fingerprint density at radius 1 is 0.636 bits per heavy atom. The minimum absolute atomic E-state index is 0.0682. The van der Waals surface area contributed by atoms with Crippen LogP contribution in [0.2, 0.25) is 0 Å². The van der Waals surface area contributed by atoms with Gasteiger partial charge < -0.3 is 14.9 Å². The summed E-state index contributed by atoms with van der Waals surface area (Å²) in [6.45, 7) is 0. The van der Waals surface area contributed by atoms with Gasteiger partial charge in [0.05, 0.1) is 11.1 Å². The van der Waals surface area contributed by atoms with E-state index in [0.29, 0.717) is 11.3 Å². The van der Waals surface area contributed by atoms with Crippen LogP contribution < -0.4 is 4.74 Å². The minimum atomic E-state index is -1.22. The van der Waals surface area contributed by atoms with E-state index in [2.05, 4.69) is 11.8 Å². The first-order chi connectivity index (χ1) is 16.0. The Morgan fingerprint density at radius 2 is 1.27 bits per heavy atom. The zero-order valence-electron chi connectivity index (χ0n) is 17.4. The van der Waals surface area contributed by atoms with E-state index >= 15 is 0 Å². The standard InChI is InChI=1S/C28H18O5/c29-27(30)22-16-17-24(28(31)32)26(18-22)33-25-13-7-5-11-21(25)15-14-20-10-4-6-12-23(20)19-8-2-1-3-9-19/h1-13,16-18H,(H,29,30)(H,31,32). The van der Waals surface area contributed by atoms with Crippen LogP contribution in [0.1, 0.15) is 31.8 Å². The van der Waals surface area contributed by atoms with Gasteiger partial charge in [0.25, 0.3) is 0 Å². The molecule has 4 aromatic carbocycles. The van der Waals surface area contributed by atoms with Crippen molar-refractivity contribution in [2.75, 3.05) is 0 Å². The lowest BCUT2D eigenvalue weighted by atomic mass is 10.00. The summed E-state index contributed by atoms with van der Waals surface area (Å²) in [5.41, 5.74) is 3.19. The summed E-state index contributed by atoms with van der Waals surface area (Å²) < 4.78 is 5.85. The van der Waals surface area contributed by atoms with Crippen LogP contribution in [0.15, 0.2) is 97.1 Å². The van der Waals surface area contributed by atoms with E-state index in [1.807, 2.05) is 54.6 Å². The molecule has 0 fully saturated rings. The zero-order chi connectivity index (χ0) is 23.2. The summed E-state index contributed by atoms with van der Waals surface area (Å²) in [5, 5.41) is 18.7. The number of hydrogen-bond donors (Lipinski definition) is 2. The fourth-order valence-electron chi connectivity index (χ4n) is 3.29. The quantitative estimate of drug-likeness (QED) is 0.380. The molecule has 2 N–H and O–H groups in total. The molecular formula is C28H18O5. The minimum Gasteiger partial charge on any atom is -0.478 e. The van der Waals surface area contributed by atoms with Crippen molar-refractivity contribution in [1.82, 2.24) is 0 Å². The lowest BCUT2D eigenvalue weighted by Crippen LogP contribution is -2.04. The summed E-state index contributed by atoms with van der Waals surface area (Å²) >= 11 is 0. The van der Waals surface area contributed by atoms with Crippen molar-refractivity contribution in [2.24, 2.45) is 0 Å². The number of carboxylic acid groups (broad SMARTS) is 2. The normalized spacial score (nSPS) is 10.1. The highest BCUT2D eigenvalue weighted by Crippen LogP contribution is 2.29. The van der Waals surface area contributed by atoms with Gasteiger partial charge in [-0.05, 0) is 47.5 Å². The third kappa shape index (κ3) is 4.92. The van der Waals surface area contributed by atoms with Gasteiger partial charge in [-0.1, -0.05) is 72.5 Å². The van der Waals surface area contributed by atoms with E-state index in [1.165, 1.54) is 18.2 Å². The number of rotatable bonds is 5. The first kappa shape index (κ1) is 21.4. The largest absolute Gasteiger partial charge is 0.478 e. The second kappa shape index (κ2) is 9.54. The maximum absolute atomic E-state index is 11.6. The molecule has 0 aliphatic heterocycles. The van der Waals surface area contributed by atoms with Gasteiger partial charge in [-0.2, -0.15) is 0 Å². The maximum Gasteiger partial charge on any atom is 0.339 e. The second-order valence-electron chi connectivity index (χ2n) is 7.08. The van der Waals surface area contributed by atoms with Crippen LogP contribution in [-0.2, 0) is 0 Å². The number of carbonyl (C=O) groups is 2. The van der Waals surface area contributed by atoms with Crippen molar-refractivity contribution in [1.29, 1.82) is 0 Å². The molecule has 33 heavy (non-hydrogen) atoms. The molecule has 0 aromatic heterocycles. The van der Waals surface area contributed by atoms with E-state index in [4.69, 9.17) is 4.74 Å². The summed E-state index contributed by atoms with van der Waals surface area (Å²) in [7, 11) is 0. The number of ether oxygens (including phenoxy) is 1. The Kier molecular flexibility index (Phi) is 6.19. The molecular weight excluding hydrogens is 416 g/mol. The second-order valence-corrected chi connectivity index (χ2v) is 7.08. The van der Waals surface area contributed by atoms with Crippen LogP contribution in [0.5, 0.6) is 11.5 Å². The Hall–Kier alpha value is -4.82. The van der Waals surface area contributed by atoms with Crippen molar-refractivity contribution < 1.29 is 24.5 Å². The first-order valence-electron chi connectivity index (χ1n) is 10.1. The van der Waals surface area contributed by atoms with Gasteiger partial charge in [0.1, 0.15) is 17.1 Å². The van der Waals surface area contributed by atoms with Gasteiger partial charge in [0.2, 0.25) is 0 Å². The third-order valence-electron chi connectivity index (χ3n) is 4.91. The van der Waals surface area contributed by atoms with Gasteiger partial charge >= 0.3 is 11.9 Å². The molecule has 160 valence electrons. The average molecular weight is 434 g/mol. The van der Waals surface area contributed by atoms with E-state index in [-0.39, 0.29) is 16.9 Å². The third-order valence-corrected chi connectivity index (χ3v) is 4.91. The average Bonchev–Trinajstić information content (AvgIpc) is 2.84. The fraction of sp³-hybridized carbons (Fsp3) is 0. The Morgan fingerprint density at radius 3 is 2.00 bits per heavy atom. The van der Waals surface area contributed by atoms with Gasteiger partial charge in [-0.25, -0.2) is 9.59 Å². The van der Waals surface area contributed by atoms with Gasteiger partial charge in [-0.3, -0.25) is 0 Å². The molecule has 4 aromatic rings. The van der Waals surface area contributed by atoms with Crippen molar-refractivity contribution >= 4 is 11.9 Å². The van der Waals surface area contributed by atoms with E-state index < -0.39 is 11.9 Å². The topological polar surface area (TPSA) is 83.8 Å². The predicted octanol–water partition coefficient (Wildman–Crippen LogP) is 5.94. The van der Waals surface area contributed by atoms with E-state index in [9.17, 15) is 19.8 Å². The molecule has 4 rings (SSSR count). The molecule has 0 amide bonds. The molecule has 0 saturated carbocycles. The molecule has 0 heterocycles. The van der Waals surface area contributed by atoms with Crippen LogP contribution in [0, 0.1) is 11.8 Å². The van der Waals surface area contributed by atoms with Crippen molar-refractivity contribution in [3.05, 3.63) is 119 Å². The number of benzene rings is 4. The number of aromatic carboxylic acids is 2. The van der Waals surface area contributed by atoms with Crippen molar-refractivity contribution in [3.63, 3.8) is 0 Å². The van der Waals surface area contributed by atoms with Crippen LogP contribution in [0.3, 0.4) is 0 Å². The lowest BCUT2D eigenvalue weighted by Gasteiger charge is -2.11. The molecule has 0 saturated heterocycles. The zero-order valence-corrected chi connectivity index (χ0v) is 17.4. The molecule has 0 bridgehead atoms. The summed E-state index contributed by atoms with van der Waals surface area (Å²) in [5.74, 6) is 4.15. The Bertz CT molecular complexity index is 1390. The van der Waals surface area contributed by atoms with Crippen LogP contribution in [0.25, 0.3) is 11.1 Å². The van der Waals surface area contributed by atoms with Crippen LogP contribution in [-0.4, -0.2) is 22.2 Å². The first-order valence-corrected chi connectivity index (χ1v) is 10.1. The molecule has 0 atom stereocenters. The highest BCUT2D eigenvalue weighted by molar-refractivity contribution is 5.94. The monoisotopic (exact) mass is 434 g/mol. The summed E-state index contributed by atoms with van der Waals surface area (Å²) in [4.78, 5) is 22.9. The van der Waals surface area contributed by atoms with Crippen molar-refractivity contribution in [2.45, 2.75) is 0 Å². The van der Waals surface area contributed by atoms with Crippen LogP contribution in [0.4, 0.5) is 0 Å². The number of hydrogen-bond acceptors (Lipinski definition) is 3. The molecule has 0 spiro atoms. The maximum atomic E-state index is 11.6. The van der Waals surface area contributed by atoms with E-state index in [1.54, 1.807) is 24.3 Å². The number of para-hydroxylation sites is 1. The SMILES string of the molecule is O=C(O)c1ccc(C(=O)O)c(Oc2ccccc2C#Cc2ccccc2-c2ccccc2)c1. The van der Waals surface area contributed by atoms with Gasteiger partial charge in [-0.15, -0.1) is 0 Å². The van der Waals surface area contributed by atoms with Crippen molar-refractivity contribution in [3.8, 4) is 34.5 Å². The molecule has 0 aliphatic rings. The summed E-state index contributed by atoms with van der Waals surface area (Å²) in [6, 6.07) is 28.3. The molecule has 0 aliphatic carbocycles. The highest BCUT2D eigenvalue weighted by atomic mass is 16.5. The van der Waals surface area contributed by atoms with Gasteiger partial charge in [0, 0.05) is 5.56 Å². The molecule has 0 radical (unpaired) electrons. The molecule has 0 unspecified atom stereocenters. The molecule has 5 heteroatoms. The smallest absolute Gasteiger partial charge is 0.339 e. The number of carboxylic acids is 2. The Balaban J connectivity index is 1.73. The highest BCUT2D eigenvalue weighted by Gasteiger charge is 2.16. The molecule has 5 nitrogen and oxygen atoms in total. The predicted molar refractivity (Wildman–Crippen MR) is 125 cm³/mol. The fourth-order valence-corrected chi connectivity index (χ4v) is 3.29. The van der Waals surface area contributed by atoms with Gasteiger partial charge in [0.15, 0.2) is 0 Å².